The third kappa shape index (κ3) is 3.72. The largest absolute Gasteiger partial charge is 0.497 e. The molecule has 0 radical (unpaired) electrons. The van der Waals surface area contributed by atoms with Gasteiger partial charge in [-0.05, 0) is 31.2 Å². The number of rotatable bonds is 5. The van der Waals surface area contributed by atoms with E-state index in [4.69, 9.17) is 9.84 Å². The molecule has 22 heavy (non-hydrogen) atoms. The number of aliphatic hydroxyl groups is 1. The van der Waals surface area contributed by atoms with Gasteiger partial charge in [0, 0.05) is 11.4 Å². The Morgan fingerprint density at radius 3 is 2.45 bits per heavy atom. The third-order valence-electron chi connectivity index (χ3n) is 2.87. The molecule has 2 rings (SSSR count). The maximum absolute atomic E-state index is 12.3. The van der Waals surface area contributed by atoms with Crippen LogP contribution in [0, 0.1) is 6.92 Å². The number of benzene rings is 1. The number of methoxy groups -OCH3 is 1. The zero-order chi connectivity index (χ0) is 16.3. The van der Waals surface area contributed by atoms with Gasteiger partial charge in [-0.3, -0.25) is 4.57 Å². The Labute approximate surface area is 129 Å². The van der Waals surface area contributed by atoms with Gasteiger partial charge in [0.05, 0.1) is 7.11 Å². The minimum atomic E-state index is -4.65. The monoisotopic (exact) mass is 333 g/mol. The number of hydrogen-bond donors (Lipinski definition) is 1. The molecule has 0 aliphatic carbocycles. The molecular formula is C13H14F3N3O2S. The summed E-state index contributed by atoms with van der Waals surface area (Å²) >= 11 is 0.796. The lowest BCUT2D eigenvalue weighted by molar-refractivity contribution is -0.195. The number of hydrogen-bond acceptors (Lipinski definition) is 5. The van der Waals surface area contributed by atoms with Crippen molar-refractivity contribution >= 4 is 11.8 Å². The van der Waals surface area contributed by atoms with E-state index in [0.717, 1.165) is 11.8 Å². The van der Waals surface area contributed by atoms with Crippen molar-refractivity contribution < 1.29 is 23.0 Å². The van der Waals surface area contributed by atoms with Crippen LogP contribution in [0.2, 0.25) is 0 Å². The maximum atomic E-state index is 12.3. The average Bonchev–Trinajstić information content (AvgIpc) is 2.84. The molecule has 2 aromatic rings. The summed E-state index contributed by atoms with van der Waals surface area (Å²) in [4.78, 5) is 0. The quantitative estimate of drug-likeness (QED) is 0.852. The van der Waals surface area contributed by atoms with Gasteiger partial charge in [0.1, 0.15) is 11.6 Å². The van der Waals surface area contributed by atoms with Gasteiger partial charge in [-0.15, -0.1) is 10.2 Å². The first-order valence-corrected chi connectivity index (χ1v) is 7.25. The molecule has 0 aliphatic rings. The van der Waals surface area contributed by atoms with Crippen molar-refractivity contribution in [1.29, 1.82) is 0 Å². The highest BCUT2D eigenvalue weighted by Gasteiger charge is 2.38. The molecule has 0 bridgehead atoms. The molecule has 0 spiro atoms. The number of alkyl halides is 3. The molecule has 0 saturated carbocycles. The fraction of sp³-hybridized carbons (Fsp3) is 0.385. The van der Waals surface area contributed by atoms with Gasteiger partial charge < -0.3 is 9.84 Å². The molecule has 120 valence electrons. The van der Waals surface area contributed by atoms with Crippen LogP contribution in [0.25, 0.3) is 5.69 Å². The van der Waals surface area contributed by atoms with Crippen LogP contribution in [-0.4, -0.2) is 45.0 Å². The Kier molecular flexibility index (Phi) is 4.97. The predicted molar refractivity (Wildman–Crippen MR) is 75.4 cm³/mol. The van der Waals surface area contributed by atoms with E-state index in [1.54, 1.807) is 42.9 Å². The number of aromatic nitrogens is 3. The summed E-state index contributed by atoms with van der Waals surface area (Å²) in [6, 6.07) is 6.96. The SMILES string of the molecule is COc1ccc(-n2c(C)nnc2SCC(O)C(F)(F)F)cc1. The van der Waals surface area contributed by atoms with E-state index >= 15 is 0 Å². The summed E-state index contributed by atoms with van der Waals surface area (Å²) in [5, 5.41) is 17.1. The van der Waals surface area contributed by atoms with Gasteiger partial charge in [-0.25, -0.2) is 0 Å². The molecule has 5 nitrogen and oxygen atoms in total. The van der Waals surface area contributed by atoms with Crippen LogP contribution >= 0.6 is 11.8 Å². The average molecular weight is 333 g/mol. The molecule has 1 aromatic carbocycles. The first-order chi connectivity index (χ1) is 10.3. The first-order valence-electron chi connectivity index (χ1n) is 6.27. The number of aliphatic hydroxyl groups excluding tert-OH is 1. The molecule has 1 N–H and O–H groups in total. The van der Waals surface area contributed by atoms with Gasteiger partial charge in [-0.2, -0.15) is 13.2 Å². The van der Waals surface area contributed by atoms with E-state index in [1.807, 2.05) is 0 Å². The molecule has 1 aromatic heterocycles. The molecule has 0 fully saturated rings. The van der Waals surface area contributed by atoms with Crippen LogP contribution < -0.4 is 4.74 Å². The Balaban J connectivity index is 2.20. The maximum Gasteiger partial charge on any atom is 0.415 e. The van der Waals surface area contributed by atoms with Crippen molar-refractivity contribution in [2.75, 3.05) is 12.9 Å². The number of ether oxygens (including phenoxy) is 1. The van der Waals surface area contributed by atoms with Crippen LogP contribution in [0.5, 0.6) is 5.75 Å². The van der Waals surface area contributed by atoms with Gasteiger partial charge in [-0.1, -0.05) is 11.8 Å². The second kappa shape index (κ2) is 6.57. The van der Waals surface area contributed by atoms with Crippen LogP contribution in [0.4, 0.5) is 13.2 Å². The van der Waals surface area contributed by atoms with Crippen LogP contribution in [0.3, 0.4) is 0 Å². The van der Waals surface area contributed by atoms with Crippen molar-refractivity contribution in [3.8, 4) is 11.4 Å². The van der Waals surface area contributed by atoms with Crippen LogP contribution in [0.15, 0.2) is 29.4 Å². The zero-order valence-electron chi connectivity index (χ0n) is 11.8. The van der Waals surface area contributed by atoms with Crippen molar-refractivity contribution in [1.82, 2.24) is 14.8 Å². The van der Waals surface area contributed by atoms with Gasteiger partial charge >= 0.3 is 6.18 Å². The van der Waals surface area contributed by atoms with E-state index in [9.17, 15) is 13.2 Å². The normalized spacial score (nSPS) is 13.2. The lowest BCUT2D eigenvalue weighted by atomic mass is 10.3. The van der Waals surface area contributed by atoms with Gasteiger partial charge in [0.15, 0.2) is 11.3 Å². The zero-order valence-corrected chi connectivity index (χ0v) is 12.6. The van der Waals surface area contributed by atoms with E-state index in [1.165, 1.54) is 0 Å². The Bertz CT molecular complexity index is 628. The lowest BCUT2D eigenvalue weighted by Gasteiger charge is -2.14. The lowest BCUT2D eigenvalue weighted by Crippen LogP contribution is -2.30. The molecule has 0 amide bonds. The van der Waals surface area contributed by atoms with E-state index < -0.39 is 18.0 Å². The number of aryl methyl sites for hydroxylation is 1. The number of nitrogens with zero attached hydrogens (tertiary/aromatic N) is 3. The highest BCUT2D eigenvalue weighted by Crippen LogP contribution is 2.28. The second-order valence-corrected chi connectivity index (χ2v) is 5.42. The van der Waals surface area contributed by atoms with Crippen LogP contribution in [0.1, 0.15) is 5.82 Å². The fourth-order valence-electron chi connectivity index (χ4n) is 1.71. The minimum absolute atomic E-state index is 0.283. The molecule has 1 atom stereocenters. The van der Waals surface area contributed by atoms with Crippen molar-refractivity contribution in [3.05, 3.63) is 30.1 Å². The number of thioether (sulfide) groups is 1. The van der Waals surface area contributed by atoms with Crippen LogP contribution in [-0.2, 0) is 0 Å². The van der Waals surface area contributed by atoms with E-state index in [2.05, 4.69) is 10.2 Å². The Morgan fingerprint density at radius 2 is 1.91 bits per heavy atom. The van der Waals surface area contributed by atoms with Crippen molar-refractivity contribution in [3.63, 3.8) is 0 Å². The molecule has 1 unspecified atom stereocenters. The molecule has 9 heteroatoms. The smallest absolute Gasteiger partial charge is 0.415 e. The summed E-state index contributed by atoms with van der Waals surface area (Å²) in [5.74, 6) is 0.656. The first kappa shape index (κ1) is 16.6. The number of halogens is 3. The highest BCUT2D eigenvalue weighted by molar-refractivity contribution is 7.99. The molecule has 0 saturated heterocycles. The molecular weight excluding hydrogens is 319 g/mol. The Hall–Kier alpha value is -1.74. The summed E-state index contributed by atoms with van der Waals surface area (Å²) in [7, 11) is 1.54. The summed E-state index contributed by atoms with van der Waals surface area (Å²) in [5.41, 5.74) is 0.701. The van der Waals surface area contributed by atoms with E-state index in [0.29, 0.717) is 17.3 Å². The summed E-state index contributed by atoms with van der Waals surface area (Å²) < 4.78 is 43.7. The van der Waals surface area contributed by atoms with Crippen molar-refractivity contribution in [2.45, 2.75) is 24.4 Å². The topological polar surface area (TPSA) is 60.2 Å². The minimum Gasteiger partial charge on any atom is -0.497 e. The summed E-state index contributed by atoms with van der Waals surface area (Å²) in [6.07, 6.45) is -7.05. The van der Waals surface area contributed by atoms with Crippen molar-refractivity contribution in [2.24, 2.45) is 0 Å². The molecule has 0 aliphatic heterocycles. The fourth-order valence-corrected chi connectivity index (χ4v) is 2.67. The van der Waals surface area contributed by atoms with E-state index in [-0.39, 0.29) is 5.16 Å². The summed E-state index contributed by atoms with van der Waals surface area (Å²) in [6.45, 7) is 1.70. The predicted octanol–water partition coefficient (Wildman–Crippen LogP) is 2.60. The standard InChI is InChI=1S/C13H14F3N3O2S/c1-8-17-18-12(22-7-11(20)13(14,15)16)19(8)9-3-5-10(21-2)6-4-9/h3-6,11,20H,7H2,1-2H3. The van der Waals surface area contributed by atoms with Gasteiger partial charge in [0.25, 0.3) is 0 Å². The Morgan fingerprint density at radius 1 is 1.27 bits per heavy atom. The molecule has 1 heterocycles. The third-order valence-corrected chi connectivity index (χ3v) is 3.88. The highest BCUT2D eigenvalue weighted by atomic mass is 32.2. The van der Waals surface area contributed by atoms with Gasteiger partial charge in [0.2, 0.25) is 0 Å². The second-order valence-electron chi connectivity index (χ2n) is 4.43.